The molecular formula is C17H27N3O. The van der Waals surface area contributed by atoms with Crippen molar-refractivity contribution in [1.82, 2.24) is 9.88 Å². The van der Waals surface area contributed by atoms with Crippen LogP contribution in [0, 0.1) is 18.8 Å². The van der Waals surface area contributed by atoms with Crippen LogP contribution in [0.4, 0.5) is 5.82 Å². The van der Waals surface area contributed by atoms with Crippen LogP contribution in [0.2, 0.25) is 0 Å². The lowest BCUT2D eigenvalue weighted by Gasteiger charge is -2.35. The van der Waals surface area contributed by atoms with Gasteiger partial charge in [-0.3, -0.25) is 4.79 Å². The van der Waals surface area contributed by atoms with Crippen molar-refractivity contribution in [2.45, 2.75) is 40.5 Å². The van der Waals surface area contributed by atoms with Gasteiger partial charge in [0, 0.05) is 30.9 Å². The van der Waals surface area contributed by atoms with Crippen LogP contribution in [0.1, 0.15) is 49.7 Å². The minimum Gasteiger partial charge on any atom is -0.370 e. The van der Waals surface area contributed by atoms with Gasteiger partial charge in [0.25, 0.3) is 5.91 Å². The maximum Gasteiger partial charge on any atom is 0.254 e. The number of piperidine rings is 1. The predicted octanol–water partition coefficient (Wildman–Crippen LogP) is 3.33. The molecule has 116 valence electrons. The third-order valence-corrected chi connectivity index (χ3v) is 4.38. The molecule has 0 saturated carbocycles. The highest BCUT2D eigenvalue weighted by molar-refractivity contribution is 5.95. The second kappa shape index (κ2) is 6.92. The van der Waals surface area contributed by atoms with E-state index in [4.69, 9.17) is 0 Å². The fourth-order valence-electron chi connectivity index (χ4n) is 2.77. The molecule has 1 aliphatic rings. The number of hydrogen-bond acceptors (Lipinski definition) is 3. The Hall–Kier alpha value is -1.58. The molecule has 1 saturated heterocycles. The summed E-state index contributed by atoms with van der Waals surface area (Å²) in [6.07, 6.45) is 2.14. The number of aromatic nitrogens is 1. The van der Waals surface area contributed by atoms with Crippen LogP contribution in [0.5, 0.6) is 0 Å². The Balaban J connectivity index is 2.13. The van der Waals surface area contributed by atoms with E-state index in [0.717, 1.165) is 49.6 Å². The molecule has 4 heteroatoms. The molecule has 0 aliphatic carbocycles. The molecule has 2 unspecified atom stereocenters. The van der Waals surface area contributed by atoms with Crippen molar-refractivity contribution in [1.29, 1.82) is 0 Å². The Bertz CT molecular complexity index is 501. The van der Waals surface area contributed by atoms with Crippen LogP contribution < -0.4 is 5.32 Å². The van der Waals surface area contributed by atoms with Gasteiger partial charge >= 0.3 is 0 Å². The van der Waals surface area contributed by atoms with Crippen molar-refractivity contribution in [3.05, 3.63) is 23.4 Å². The normalized spacial score (nSPS) is 22.2. The van der Waals surface area contributed by atoms with E-state index >= 15 is 0 Å². The average molecular weight is 289 g/mol. The zero-order valence-electron chi connectivity index (χ0n) is 13.6. The van der Waals surface area contributed by atoms with Crippen LogP contribution in [0.3, 0.4) is 0 Å². The van der Waals surface area contributed by atoms with E-state index in [2.05, 4.69) is 31.1 Å². The summed E-state index contributed by atoms with van der Waals surface area (Å²) in [5.74, 6) is 2.22. The van der Waals surface area contributed by atoms with Gasteiger partial charge in [0.15, 0.2) is 0 Å². The Labute approximate surface area is 127 Å². The first-order valence-corrected chi connectivity index (χ1v) is 8.03. The number of rotatable bonds is 4. The first-order chi connectivity index (χ1) is 10.0. The number of carbonyl (C=O) groups excluding carboxylic acids is 1. The topological polar surface area (TPSA) is 45.2 Å². The van der Waals surface area contributed by atoms with E-state index in [1.807, 2.05) is 24.0 Å². The average Bonchev–Trinajstić information content (AvgIpc) is 2.46. The molecule has 2 rings (SSSR count). The molecule has 1 aromatic heterocycles. The molecule has 4 nitrogen and oxygen atoms in total. The number of anilines is 1. The molecule has 2 atom stereocenters. The Morgan fingerprint density at radius 2 is 2.14 bits per heavy atom. The number of carbonyl (C=O) groups is 1. The third kappa shape index (κ3) is 3.96. The molecular weight excluding hydrogens is 262 g/mol. The molecule has 2 heterocycles. The summed E-state index contributed by atoms with van der Waals surface area (Å²) >= 11 is 0. The summed E-state index contributed by atoms with van der Waals surface area (Å²) in [7, 11) is 0. The molecule has 1 amide bonds. The van der Waals surface area contributed by atoms with E-state index in [1.54, 1.807) is 0 Å². The SMILES string of the molecule is CCCNc1cc(C(=O)N2CCC(C)C(C)C2)cc(C)n1. The molecule has 0 radical (unpaired) electrons. The van der Waals surface area contributed by atoms with Crippen molar-refractivity contribution in [3.8, 4) is 0 Å². The third-order valence-electron chi connectivity index (χ3n) is 4.38. The number of nitrogens with one attached hydrogen (secondary N) is 1. The molecule has 1 aliphatic heterocycles. The highest BCUT2D eigenvalue weighted by atomic mass is 16.2. The van der Waals surface area contributed by atoms with Crippen LogP contribution in [0.15, 0.2) is 12.1 Å². The number of amides is 1. The van der Waals surface area contributed by atoms with Crippen molar-refractivity contribution >= 4 is 11.7 Å². The van der Waals surface area contributed by atoms with Crippen molar-refractivity contribution in [2.75, 3.05) is 25.0 Å². The van der Waals surface area contributed by atoms with E-state index in [0.29, 0.717) is 11.8 Å². The highest BCUT2D eigenvalue weighted by Gasteiger charge is 2.26. The zero-order valence-corrected chi connectivity index (χ0v) is 13.6. The minimum absolute atomic E-state index is 0.138. The van der Waals surface area contributed by atoms with Crippen LogP contribution in [-0.2, 0) is 0 Å². The van der Waals surface area contributed by atoms with E-state index in [-0.39, 0.29) is 5.91 Å². The maximum absolute atomic E-state index is 12.7. The molecule has 21 heavy (non-hydrogen) atoms. The lowest BCUT2D eigenvalue weighted by Crippen LogP contribution is -2.42. The van der Waals surface area contributed by atoms with Crippen LogP contribution in [-0.4, -0.2) is 35.4 Å². The number of pyridine rings is 1. The monoisotopic (exact) mass is 289 g/mol. The van der Waals surface area contributed by atoms with Gasteiger partial charge in [0.2, 0.25) is 0 Å². The van der Waals surface area contributed by atoms with E-state index in [9.17, 15) is 4.79 Å². The molecule has 1 N–H and O–H groups in total. The molecule has 0 aromatic carbocycles. The van der Waals surface area contributed by atoms with E-state index in [1.165, 1.54) is 0 Å². The Morgan fingerprint density at radius 1 is 1.38 bits per heavy atom. The van der Waals surface area contributed by atoms with Gasteiger partial charge in [-0.1, -0.05) is 20.8 Å². The summed E-state index contributed by atoms with van der Waals surface area (Å²) in [6.45, 7) is 11.2. The molecule has 1 fully saturated rings. The van der Waals surface area contributed by atoms with Gasteiger partial charge in [-0.05, 0) is 43.7 Å². The van der Waals surface area contributed by atoms with Crippen molar-refractivity contribution in [2.24, 2.45) is 11.8 Å². The summed E-state index contributed by atoms with van der Waals surface area (Å²) in [6, 6.07) is 3.77. The van der Waals surface area contributed by atoms with Gasteiger partial charge in [-0.25, -0.2) is 4.98 Å². The van der Waals surface area contributed by atoms with Crippen molar-refractivity contribution < 1.29 is 4.79 Å². The zero-order chi connectivity index (χ0) is 15.4. The fraction of sp³-hybridized carbons (Fsp3) is 0.647. The van der Waals surface area contributed by atoms with Gasteiger partial charge < -0.3 is 10.2 Å². The first kappa shape index (κ1) is 15.8. The Kier molecular flexibility index (Phi) is 5.21. The Morgan fingerprint density at radius 3 is 2.81 bits per heavy atom. The minimum atomic E-state index is 0.138. The molecule has 1 aromatic rings. The number of hydrogen-bond donors (Lipinski definition) is 1. The van der Waals surface area contributed by atoms with Gasteiger partial charge in [-0.15, -0.1) is 0 Å². The smallest absolute Gasteiger partial charge is 0.254 e. The maximum atomic E-state index is 12.7. The second-order valence-corrected chi connectivity index (χ2v) is 6.30. The summed E-state index contributed by atoms with van der Waals surface area (Å²) < 4.78 is 0. The van der Waals surface area contributed by atoms with E-state index < -0.39 is 0 Å². The quantitative estimate of drug-likeness (QED) is 0.924. The summed E-state index contributed by atoms with van der Waals surface area (Å²) in [4.78, 5) is 19.1. The summed E-state index contributed by atoms with van der Waals surface area (Å²) in [5, 5.41) is 3.27. The molecule has 0 spiro atoms. The molecule has 0 bridgehead atoms. The number of likely N-dealkylation sites (tertiary alicyclic amines) is 1. The standard InChI is InChI=1S/C17H27N3O/c1-5-7-18-16-10-15(9-14(4)19-16)17(21)20-8-6-12(2)13(3)11-20/h9-10,12-13H,5-8,11H2,1-4H3,(H,18,19). The van der Waals surface area contributed by atoms with Crippen LogP contribution >= 0.6 is 0 Å². The first-order valence-electron chi connectivity index (χ1n) is 8.03. The van der Waals surface area contributed by atoms with Gasteiger partial charge in [0.1, 0.15) is 5.82 Å². The summed E-state index contributed by atoms with van der Waals surface area (Å²) in [5.41, 5.74) is 1.64. The van der Waals surface area contributed by atoms with Gasteiger partial charge in [0.05, 0.1) is 0 Å². The highest BCUT2D eigenvalue weighted by Crippen LogP contribution is 2.24. The fourth-order valence-corrected chi connectivity index (χ4v) is 2.77. The van der Waals surface area contributed by atoms with Gasteiger partial charge in [-0.2, -0.15) is 0 Å². The number of nitrogens with zero attached hydrogens (tertiary/aromatic N) is 2. The number of aryl methyl sites for hydroxylation is 1. The lowest BCUT2D eigenvalue weighted by atomic mass is 9.88. The van der Waals surface area contributed by atoms with Crippen LogP contribution in [0.25, 0.3) is 0 Å². The largest absolute Gasteiger partial charge is 0.370 e. The lowest BCUT2D eigenvalue weighted by molar-refractivity contribution is 0.0627. The second-order valence-electron chi connectivity index (χ2n) is 6.30. The predicted molar refractivity (Wildman–Crippen MR) is 86.6 cm³/mol. The van der Waals surface area contributed by atoms with Crippen molar-refractivity contribution in [3.63, 3.8) is 0 Å².